The summed E-state index contributed by atoms with van der Waals surface area (Å²) in [4.78, 5) is 21.6. The van der Waals surface area contributed by atoms with Crippen molar-refractivity contribution in [3.8, 4) is 0 Å². The van der Waals surface area contributed by atoms with Gasteiger partial charge in [0, 0.05) is 38.4 Å². The standard InChI is InChI=1S/C23H35N5O.HI/c1-2-24-21(28-15-12-23(18-28)10-3-4-11-23)25-17-19-8-7-9-20(16-19)26-22(29)27-13-5-6-14-27;/h7-9,16H,2-6,10-15,17-18H2,1H3,(H,24,25)(H,26,29);1H. The van der Waals surface area contributed by atoms with Crippen LogP contribution in [0.5, 0.6) is 0 Å². The molecule has 0 aromatic heterocycles. The summed E-state index contributed by atoms with van der Waals surface area (Å²) < 4.78 is 0. The molecule has 2 aliphatic heterocycles. The number of anilines is 1. The third kappa shape index (κ3) is 5.59. The molecule has 1 aliphatic carbocycles. The van der Waals surface area contributed by atoms with Gasteiger partial charge in [-0.25, -0.2) is 9.79 Å². The number of benzene rings is 1. The Kier molecular flexibility index (Phi) is 8.25. The van der Waals surface area contributed by atoms with Crippen molar-refractivity contribution in [2.75, 3.05) is 38.0 Å². The normalized spacial score (nSPS) is 20.5. The maximum absolute atomic E-state index is 12.3. The number of carbonyl (C=O) groups is 1. The van der Waals surface area contributed by atoms with E-state index in [4.69, 9.17) is 4.99 Å². The molecule has 3 aliphatic rings. The highest BCUT2D eigenvalue weighted by atomic mass is 127. The number of hydrogen-bond acceptors (Lipinski definition) is 2. The zero-order valence-electron chi connectivity index (χ0n) is 18.2. The summed E-state index contributed by atoms with van der Waals surface area (Å²) in [5.41, 5.74) is 2.51. The van der Waals surface area contributed by atoms with Gasteiger partial charge in [-0.2, -0.15) is 0 Å². The SMILES string of the molecule is CCNC(=NCc1cccc(NC(=O)N2CCCC2)c1)N1CCC2(CCCC2)C1.I. The molecule has 6 nitrogen and oxygen atoms in total. The van der Waals surface area contributed by atoms with Crippen LogP contribution in [0.1, 0.15) is 57.4 Å². The molecular weight excluding hydrogens is 489 g/mol. The van der Waals surface area contributed by atoms with Gasteiger partial charge in [-0.3, -0.25) is 0 Å². The van der Waals surface area contributed by atoms with E-state index in [0.717, 1.165) is 62.8 Å². The van der Waals surface area contributed by atoms with Crippen molar-refractivity contribution in [3.63, 3.8) is 0 Å². The highest BCUT2D eigenvalue weighted by Gasteiger charge is 2.41. The van der Waals surface area contributed by atoms with E-state index < -0.39 is 0 Å². The summed E-state index contributed by atoms with van der Waals surface area (Å²) in [6, 6.07) is 8.09. The fraction of sp³-hybridized carbons (Fsp3) is 0.652. The lowest BCUT2D eigenvalue weighted by Crippen LogP contribution is -2.41. The molecule has 30 heavy (non-hydrogen) atoms. The monoisotopic (exact) mass is 525 g/mol. The molecule has 0 bridgehead atoms. The summed E-state index contributed by atoms with van der Waals surface area (Å²) in [6.45, 7) is 7.61. The number of nitrogens with zero attached hydrogens (tertiary/aromatic N) is 3. The van der Waals surface area contributed by atoms with Gasteiger partial charge in [0.05, 0.1) is 6.54 Å². The molecule has 3 fully saturated rings. The Morgan fingerprint density at radius 2 is 1.83 bits per heavy atom. The van der Waals surface area contributed by atoms with Crippen LogP contribution in [0.15, 0.2) is 29.3 Å². The van der Waals surface area contributed by atoms with Crippen molar-refractivity contribution in [2.45, 2.75) is 58.4 Å². The highest BCUT2D eigenvalue weighted by molar-refractivity contribution is 14.0. The lowest BCUT2D eigenvalue weighted by atomic mass is 9.86. The van der Waals surface area contributed by atoms with Crippen LogP contribution in [-0.4, -0.2) is 54.5 Å². The molecule has 7 heteroatoms. The molecule has 1 saturated carbocycles. The molecule has 4 rings (SSSR count). The van der Waals surface area contributed by atoms with E-state index in [9.17, 15) is 4.79 Å². The van der Waals surface area contributed by atoms with Gasteiger partial charge in [0.25, 0.3) is 0 Å². The van der Waals surface area contributed by atoms with E-state index in [1.54, 1.807) is 0 Å². The predicted molar refractivity (Wildman–Crippen MR) is 134 cm³/mol. The van der Waals surface area contributed by atoms with Crippen LogP contribution in [0.3, 0.4) is 0 Å². The molecule has 2 N–H and O–H groups in total. The van der Waals surface area contributed by atoms with Crippen molar-refractivity contribution in [2.24, 2.45) is 10.4 Å². The number of rotatable bonds is 4. The molecule has 0 radical (unpaired) electrons. The van der Waals surface area contributed by atoms with Crippen molar-refractivity contribution in [1.82, 2.24) is 15.1 Å². The predicted octanol–water partition coefficient (Wildman–Crippen LogP) is 4.66. The fourth-order valence-corrected chi connectivity index (χ4v) is 5.11. The van der Waals surface area contributed by atoms with Gasteiger partial charge in [0.2, 0.25) is 0 Å². The van der Waals surface area contributed by atoms with Crippen molar-refractivity contribution >= 4 is 41.7 Å². The van der Waals surface area contributed by atoms with E-state index in [2.05, 4.69) is 28.5 Å². The molecule has 166 valence electrons. The van der Waals surface area contributed by atoms with Crippen LogP contribution in [0.25, 0.3) is 0 Å². The minimum Gasteiger partial charge on any atom is -0.357 e. The number of carbonyl (C=O) groups excluding carboxylic acids is 1. The Morgan fingerprint density at radius 1 is 1.07 bits per heavy atom. The second-order valence-corrected chi connectivity index (χ2v) is 8.87. The Balaban J connectivity index is 0.00000256. The van der Waals surface area contributed by atoms with Crippen molar-refractivity contribution in [1.29, 1.82) is 0 Å². The number of amides is 2. The first kappa shape index (κ1) is 23.2. The minimum atomic E-state index is 0. The molecule has 0 atom stereocenters. The Labute approximate surface area is 197 Å². The Hall–Kier alpha value is -1.51. The summed E-state index contributed by atoms with van der Waals surface area (Å²) in [7, 11) is 0. The summed E-state index contributed by atoms with van der Waals surface area (Å²) in [6.07, 6.45) is 9.04. The molecule has 1 aromatic rings. The third-order valence-electron chi connectivity index (χ3n) is 6.72. The van der Waals surface area contributed by atoms with E-state index >= 15 is 0 Å². The maximum Gasteiger partial charge on any atom is 0.321 e. The summed E-state index contributed by atoms with van der Waals surface area (Å²) >= 11 is 0. The molecule has 2 saturated heterocycles. The second kappa shape index (κ2) is 10.7. The average molecular weight is 525 g/mol. The van der Waals surface area contributed by atoms with Gasteiger partial charge in [0.1, 0.15) is 0 Å². The number of nitrogens with one attached hydrogen (secondary N) is 2. The number of aliphatic imine (C=N–C) groups is 1. The Bertz CT molecular complexity index is 741. The van der Waals surface area contributed by atoms with Crippen molar-refractivity contribution in [3.05, 3.63) is 29.8 Å². The number of hydrogen-bond donors (Lipinski definition) is 2. The summed E-state index contributed by atoms with van der Waals surface area (Å²) in [5, 5.41) is 6.52. The zero-order valence-corrected chi connectivity index (χ0v) is 20.5. The highest BCUT2D eigenvalue weighted by Crippen LogP contribution is 2.45. The number of guanidine groups is 1. The molecule has 2 heterocycles. The van der Waals surface area contributed by atoms with Crippen LogP contribution < -0.4 is 10.6 Å². The van der Waals surface area contributed by atoms with Crippen LogP contribution in [0.4, 0.5) is 10.5 Å². The number of urea groups is 1. The largest absolute Gasteiger partial charge is 0.357 e. The lowest BCUT2D eigenvalue weighted by Gasteiger charge is -2.26. The molecule has 2 amide bonds. The van der Waals surface area contributed by atoms with Gasteiger partial charge >= 0.3 is 6.03 Å². The Morgan fingerprint density at radius 3 is 2.57 bits per heavy atom. The van der Waals surface area contributed by atoms with E-state index in [1.807, 2.05) is 23.1 Å². The second-order valence-electron chi connectivity index (χ2n) is 8.87. The molecule has 0 unspecified atom stereocenters. The van der Waals surface area contributed by atoms with E-state index in [-0.39, 0.29) is 30.0 Å². The zero-order chi connectivity index (χ0) is 20.1. The van der Waals surface area contributed by atoms with Crippen molar-refractivity contribution < 1.29 is 4.79 Å². The van der Waals surface area contributed by atoms with Crippen LogP contribution >= 0.6 is 24.0 Å². The van der Waals surface area contributed by atoms with Crippen LogP contribution in [0, 0.1) is 5.41 Å². The maximum atomic E-state index is 12.3. The first-order valence-corrected chi connectivity index (χ1v) is 11.4. The van der Waals surface area contributed by atoms with Crippen LogP contribution in [-0.2, 0) is 6.54 Å². The van der Waals surface area contributed by atoms with Gasteiger partial charge in [0.15, 0.2) is 5.96 Å². The quantitative estimate of drug-likeness (QED) is 0.342. The topological polar surface area (TPSA) is 60.0 Å². The van der Waals surface area contributed by atoms with Gasteiger partial charge in [-0.1, -0.05) is 25.0 Å². The lowest BCUT2D eigenvalue weighted by molar-refractivity contribution is 0.222. The molecule has 1 aromatic carbocycles. The average Bonchev–Trinajstić information content (AvgIpc) is 3.49. The third-order valence-corrected chi connectivity index (χ3v) is 6.72. The number of likely N-dealkylation sites (tertiary alicyclic amines) is 2. The first-order valence-electron chi connectivity index (χ1n) is 11.4. The fourth-order valence-electron chi connectivity index (χ4n) is 5.11. The molecular formula is C23H36IN5O. The van der Waals surface area contributed by atoms with Gasteiger partial charge in [-0.05, 0) is 62.1 Å². The summed E-state index contributed by atoms with van der Waals surface area (Å²) in [5.74, 6) is 1.03. The number of halogens is 1. The minimum absolute atomic E-state index is 0. The molecule has 1 spiro atoms. The first-order chi connectivity index (χ1) is 14.2. The van der Waals surface area contributed by atoms with E-state index in [0.29, 0.717) is 12.0 Å². The smallest absolute Gasteiger partial charge is 0.321 e. The van der Waals surface area contributed by atoms with Crippen LogP contribution in [0.2, 0.25) is 0 Å². The van der Waals surface area contributed by atoms with Gasteiger partial charge < -0.3 is 20.4 Å². The van der Waals surface area contributed by atoms with E-state index in [1.165, 1.54) is 32.1 Å². The van der Waals surface area contributed by atoms with Gasteiger partial charge in [-0.15, -0.1) is 24.0 Å².